The van der Waals surface area contributed by atoms with Gasteiger partial charge < -0.3 is 10.5 Å². The fourth-order valence-electron chi connectivity index (χ4n) is 1.58. The van der Waals surface area contributed by atoms with Gasteiger partial charge in [0, 0.05) is 24.5 Å². The molecule has 0 radical (unpaired) electrons. The molecule has 2 rings (SSSR count). The first-order valence-corrected chi connectivity index (χ1v) is 5.46. The van der Waals surface area contributed by atoms with Crippen LogP contribution in [0.1, 0.15) is 16.8 Å². The molecule has 0 amide bonds. The van der Waals surface area contributed by atoms with Crippen LogP contribution in [0.25, 0.3) is 0 Å². The monoisotopic (exact) mass is 229 g/mol. The van der Waals surface area contributed by atoms with Gasteiger partial charge in [-0.05, 0) is 37.6 Å². The maximum atomic E-state index is 5.76. The van der Waals surface area contributed by atoms with Crippen LogP contribution in [0, 0.1) is 13.8 Å². The Morgan fingerprint density at radius 3 is 2.71 bits per heavy atom. The number of nitrogens with two attached hydrogens (primary N) is 1. The van der Waals surface area contributed by atoms with Crippen LogP contribution in [0.3, 0.4) is 0 Å². The summed E-state index contributed by atoms with van der Waals surface area (Å²) in [5.41, 5.74) is 8.55. The average Bonchev–Trinajstić information content (AvgIpc) is 2.32. The molecule has 0 spiro atoms. The molecule has 17 heavy (non-hydrogen) atoms. The van der Waals surface area contributed by atoms with Gasteiger partial charge in [-0.3, -0.25) is 4.98 Å². The van der Waals surface area contributed by atoms with Gasteiger partial charge in [-0.15, -0.1) is 0 Å². The molecule has 0 aliphatic carbocycles. The van der Waals surface area contributed by atoms with Crippen LogP contribution in [0.15, 0.2) is 30.6 Å². The van der Waals surface area contributed by atoms with E-state index in [1.54, 1.807) is 12.4 Å². The maximum absolute atomic E-state index is 5.76. The molecule has 2 aromatic heterocycles. The summed E-state index contributed by atoms with van der Waals surface area (Å²) in [4.78, 5) is 8.39. The minimum absolute atomic E-state index is 0.411. The van der Waals surface area contributed by atoms with E-state index >= 15 is 0 Å². The lowest BCUT2D eigenvalue weighted by atomic mass is 10.1. The van der Waals surface area contributed by atoms with E-state index in [0.29, 0.717) is 18.2 Å². The van der Waals surface area contributed by atoms with E-state index in [4.69, 9.17) is 10.5 Å². The summed E-state index contributed by atoms with van der Waals surface area (Å²) in [7, 11) is 0. The zero-order valence-corrected chi connectivity index (χ0v) is 9.97. The van der Waals surface area contributed by atoms with Gasteiger partial charge in [0.1, 0.15) is 0 Å². The van der Waals surface area contributed by atoms with Crippen LogP contribution in [0.5, 0.6) is 11.6 Å². The van der Waals surface area contributed by atoms with Crippen molar-refractivity contribution in [3.05, 3.63) is 47.4 Å². The Bertz CT molecular complexity index is 526. The number of nitrogens with zero attached hydrogens (tertiary/aromatic N) is 2. The highest BCUT2D eigenvalue weighted by molar-refractivity contribution is 5.37. The first kappa shape index (κ1) is 11.5. The second-order valence-electron chi connectivity index (χ2n) is 3.80. The highest BCUT2D eigenvalue weighted by atomic mass is 16.5. The predicted octanol–water partition coefficient (Wildman–Crippen LogP) is 2.34. The third-order valence-corrected chi connectivity index (χ3v) is 2.62. The number of hydrogen-bond acceptors (Lipinski definition) is 4. The van der Waals surface area contributed by atoms with E-state index in [1.165, 1.54) is 0 Å². The van der Waals surface area contributed by atoms with Crippen LogP contribution in [0.4, 0.5) is 0 Å². The molecule has 88 valence electrons. The zero-order chi connectivity index (χ0) is 12.3. The highest BCUT2D eigenvalue weighted by Gasteiger charge is 2.09. The summed E-state index contributed by atoms with van der Waals surface area (Å²) in [6.07, 6.45) is 3.45. The molecule has 0 saturated carbocycles. The Morgan fingerprint density at radius 2 is 2.00 bits per heavy atom. The summed E-state index contributed by atoms with van der Waals surface area (Å²) in [5.74, 6) is 1.27. The van der Waals surface area contributed by atoms with Crippen molar-refractivity contribution in [1.82, 2.24) is 9.97 Å². The first-order chi connectivity index (χ1) is 8.22. The molecule has 0 atom stereocenters. The first-order valence-electron chi connectivity index (χ1n) is 5.46. The van der Waals surface area contributed by atoms with Crippen molar-refractivity contribution in [1.29, 1.82) is 0 Å². The predicted molar refractivity (Wildman–Crippen MR) is 65.9 cm³/mol. The Kier molecular flexibility index (Phi) is 3.35. The molecule has 0 aliphatic heterocycles. The standard InChI is InChI=1S/C13H15N3O/c1-9-5-7-16-13(11(9)8-14)17-12-4-3-6-15-10(12)2/h3-7H,8,14H2,1-2H3. The van der Waals surface area contributed by atoms with E-state index in [0.717, 1.165) is 16.8 Å². The number of aromatic nitrogens is 2. The van der Waals surface area contributed by atoms with Crippen molar-refractivity contribution in [2.45, 2.75) is 20.4 Å². The van der Waals surface area contributed by atoms with Crippen molar-refractivity contribution in [2.75, 3.05) is 0 Å². The highest BCUT2D eigenvalue weighted by Crippen LogP contribution is 2.26. The molecular weight excluding hydrogens is 214 g/mol. The summed E-state index contributed by atoms with van der Waals surface area (Å²) in [5, 5.41) is 0. The molecule has 0 unspecified atom stereocenters. The molecule has 0 aromatic carbocycles. The Labute approximate surface area is 100 Å². The smallest absolute Gasteiger partial charge is 0.224 e. The van der Waals surface area contributed by atoms with Crippen molar-refractivity contribution < 1.29 is 4.74 Å². The third kappa shape index (κ3) is 2.42. The summed E-state index contributed by atoms with van der Waals surface area (Å²) < 4.78 is 5.76. The van der Waals surface area contributed by atoms with Gasteiger partial charge in [0.05, 0.1) is 5.69 Å². The van der Waals surface area contributed by atoms with Crippen LogP contribution in [-0.2, 0) is 6.54 Å². The van der Waals surface area contributed by atoms with Crippen molar-refractivity contribution in [3.8, 4) is 11.6 Å². The lowest BCUT2D eigenvalue weighted by Crippen LogP contribution is -2.04. The fourth-order valence-corrected chi connectivity index (χ4v) is 1.58. The van der Waals surface area contributed by atoms with Gasteiger partial charge in [0.15, 0.2) is 5.75 Å². The van der Waals surface area contributed by atoms with E-state index in [-0.39, 0.29) is 0 Å². The molecule has 0 bridgehead atoms. The number of pyridine rings is 2. The SMILES string of the molecule is Cc1ccnc(Oc2cccnc2C)c1CN. The molecule has 2 heterocycles. The molecule has 0 saturated heterocycles. The van der Waals surface area contributed by atoms with Crippen LogP contribution in [0.2, 0.25) is 0 Å². The molecule has 2 N–H and O–H groups in total. The van der Waals surface area contributed by atoms with E-state index < -0.39 is 0 Å². The quantitative estimate of drug-likeness (QED) is 0.877. The van der Waals surface area contributed by atoms with Crippen LogP contribution in [-0.4, -0.2) is 9.97 Å². The summed E-state index contributed by atoms with van der Waals surface area (Å²) >= 11 is 0. The fraction of sp³-hybridized carbons (Fsp3) is 0.231. The normalized spacial score (nSPS) is 10.3. The van der Waals surface area contributed by atoms with E-state index in [9.17, 15) is 0 Å². The molecule has 0 aliphatic rings. The largest absolute Gasteiger partial charge is 0.437 e. The molecule has 2 aromatic rings. The van der Waals surface area contributed by atoms with E-state index in [2.05, 4.69) is 9.97 Å². The Hall–Kier alpha value is -1.94. The molecular formula is C13H15N3O. The molecule has 0 fully saturated rings. The topological polar surface area (TPSA) is 61.0 Å². The van der Waals surface area contributed by atoms with Crippen molar-refractivity contribution in [3.63, 3.8) is 0 Å². The Morgan fingerprint density at radius 1 is 1.18 bits per heavy atom. The van der Waals surface area contributed by atoms with Crippen LogP contribution >= 0.6 is 0 Å². The average molecular weight is 229 g/mol. The second-order valence-corrected chi connectivity index (χ2v) is 3.80. The zero-order valence-electron chi connectivity index (χ0n) is 9.97. The Balaban J connectivity index is 2.37. The second kappa shape index (κ2) is 4.93. The molecule has 4 heteroatoms. The van der Waals surface area contributed by atoms with Gasteiger partial charge in [0.25, 0.3) is 0 Å². The third-order valence-electron chi connectivity index (χ3n) is 2.62. The van der Waals surface area contributed by atoms with Crippen molar-refractivity contribution in [2.24, 2.45) is 5.73 Å². The minimum atomic E-state index is 0.411. The van der Waals surface area contributed by atoms with Gasteiger partial charge >= 0.3 is 0 Å². The van der Waals surface area contributed by atoms with E-state index in [1.807, 2.05) is 32.0 Å². The van der Waals surface area contributed by atoms with Crippen molar-refractivity contribution >= 4 is 0 Å². The summed E-state index contributed by atoms with van der Waals surface area (Å²) in [6, 6.07) is 5.62. The van der Waals surface area contributed by atoms with Gasteiger partial charge in [-0.1, -0.05) is 0 Å². The molecule has 4 nitrogen and oxygen atoms in total. The number of rotatable bonds is 3. The number of ether oxygens (including phenoxy) is 1. The van der Waals surface area contributed by atoms with Gasteiger partial charge in [-0.2, -0.15) is 0 Å². The maximum Gasteiger partial charge on any atom is 0.224 e. The number of aryl methyl sites for hydroxylation is 2. The summed E-state index contributed by atoms with van der Waals surface area (Å²) in [6.45, 7) is 4.30. The lowest BCUT2D eigenvalue weighted by molar-refractivity contribution is 0.449. The lowest BCUT2D eigenvalue weighted by Gasteiger charge is -2.11. The van der Waals surface area contributed by atoms with Crippen LogP contribution < -0.4 is 10.5 Å². The number of hydrogen-bond donors (Lipinski definition) is 1. The van der Waals surface area contributed by atoms with Gasteiger partial charge in [-0.25, -0.2) is 4.98 Å². The minimum Gasteiger partial charge on any atom is -0.437 e. The van der Waals surface area contributed by atoms with Gasteiger partial charge in [0.2, 0.25) is 5.88 Å².